The first-order chi connectivity index (χ1) is 7.61. The van der Waals surface area contributed by atoms with Crippen LogP contribution in [-0.4, -0.2) is 20.5 Å². The molecule has 2 rings (SSSR count). The summed E-state index contributed by atoms with van der Waals surface area (Å²) in [4.78, 5) is 14.7. The van der Waals surface area contributed by atoms with Gasteiger partial charge in [0.15, 0.2) is 0 Å². The number of halogens is 1. The zero-order chi connectivity index (χ0) is 12.3. The van der Waals surface area contributed by atoms with E-state index >= 15 is 0 Å². The van der Waals surface area contributed by atoms with Crippen LogP contribution >= 0.6 is 15.9 Å². The molecular formula is C10H12BrN3O2. The monoisotopic (exact) mass is 285 g/mol. The van der Waals surface area contributed by atoms with Crippen molar-refractivity contribution in [3.8, 4) is 0 Å². The Bertz CT molecular complexity index is 522. The molecule has 6 heteroatoms. The highest BCUT2D eigenvalue weighted by Gasteiger charge is 2.15. The fourth-order valence-electron chi connectivity index (χ4n) is 1.31. The Kier molecular flexibility index (Phi) is 3.89. The molecule has 0 spiro atoms. The van der Waals surface area contributed by atoms with Gasteiger partial charge in [-0.15, -0.1) is 0 Å². The van der Waals surface area contributed by atoms with Crippen LogP contribution in [0.5, 0.6) is 0 Å². The highest BCUT2D eigenvalue weighted by molar-refractivity contribution is 9.10. The van der Waals surface area contributed by atoms with Crippen molar-refractivity contribution in [3.63, 3.8) is 0 Å². The van der Waals surface area contributed by atoms with Gasteiger partial charge in [0, 0.05) is 12.4 Å². The van der Waals surface area contributed by atoms with E-state index in [-0.39, 0.29) is 11.4 Å². The minimum Gasteiger partial charge on any atom is -0.478 e. The molecule has 0 aliphatic heterocycles. The van der Waals surface area contributed by atoms with Crippen molar-refractivity contribution < 1.29 is 9.90 Å². The lowest BCUT2D eigenvalue weighted by Gasteiger charge is -1.99. The fourth-order valence-corrected chi connectivity index (χ4v) is 1.83. The summed E-state index contributed by atoms with van der Waals surface area (Å²) in [7, 11) is 0. The van der Waals surface area contributed by atoms with E-state index in [2.05, 4.69) is 20.9 Å². The fraction of sp³-hybridized carbons (Fsp3) is 0.200. The van der Waals surface area contributed by atoms with E-state index < -0.39 is 5.97 Å². The smallest absolute Gasteiger partial charge is 0.338 e. The van der Waals surface area contributed by atoms with Crippen LogP contribution in [0.2, 0.25) is 0 Å². The lowest BCUT2D eigenvalue weighted by atomic mass is 10.3. The molecule has 2 aromatic heterocycles. The third-order valence-electron chi connectivity index (χ3n) is 1.89. The molecule has 0 aliphatic rings. The van der Waals surface area contributed by atoms with Gasteiger partial charge in [-0.05, 0) is 22.0 Å². The van der Waals surface area contributed by atoms with Crippen molar-refractivity contribution in [1.82, 2.24) is 9.38 Å². The molecule has 86 valence electrons. The largest absolute Gasteiger partial charge is 0.478 e. The molecule has 0 aliphatic carbocycles. The van der Waals surface area contributed by atoms with Gasteiger partial charge in [0.2, 0.25) is 0 Å². The van der Waals surface area contributed by atoms with E-state index in [1.54, 1.807) is 10.6 Å². The number of anilines is 1. The molecule has 0 saturated heterocycles. The van der Waals surface area contributed by atoms with E-state index in [0.717, 1.165) is 0 Å². The van der Waals surface area contributed by atoms with Crippen molar-refractivity contribution >= 4 is 33.2 Å². The maximum atomic E-state index is 10.9. The Morgan fingerprint density at radius 1 is 1.56 bits per heavy atom. The first-order valence-electron chi connectivity index (χ1n) is 4.75. The first kappa shape index (κ1) is 12.5. The van der Waals surface area contributed by atoms with Crippen molar-refractivity contribution in [3.05, 3.63) is 28.6 Å². The Morgan fingerprint density at radius 2 is 2.19 bits per heavy atom. The second-order valence-corrected chi connectivity index (χ2v) is 3.53. The van der Waals surface area contributed by atoms with Crippen molar-refractivity contribution in [2.24, 2.45) is 0 Å². The molecule has 3 N–H and O–H groups in total. The topological polar surface area (TPSA) is 80.6 Å². The van der Waals surface area contributed by atoms with Gasteiger partial charge >= 0.3 is 5.97 Å². The Hall–Kier alpha value is -1.56. The lowest BCUT2D eigenvalue weighted by molar-refractivity contribution is 0.0699. The second kappa shape index (κ2) is 4.98. The Morgan fingerprint density at radius 3 is 2.75 bits per heavy atom. The average molecular weight is 286 g/mol. The SMILES string of the molecule is CC.Nc1nccn2c(Br)cc(C(=O)O)c12. The molecule has 5 nitrogen and oxygen atoms in total. The van der Waals surface area contributed by atoms with Crippen LogP contribution < -0.4 is 5.73 Å². The zero-order valence-electron chi connectivity index (χ0n) is 8.94. The van der Waals surface area contributed by atoms with Gasteiger partial charge in [0.25, 0.3) is 0 Å². The van der Waals surface area contributed by atoms with Crippen molar-refractivity contribution in [1.29, 1.82) is 0 Å². The normalized spacial score (nSPS) is 9.69. The van der Waals surface area contributed by atoms with Crippen LogP contribution in [0.25, 0.3) is 5.52 Å². The number of hydrogen-bond acceptors (Lipinski definition) is 3. The lowest BCUT2D eigenvalue weighted by Crippen LogP contribution is -2.00. The number of rotatable bonds is 1. The molecule has 0 bridgehead atoms. The molecule has 16 heavy (non-hydrogen) atoms. The maximum Gasteiger partial charge on any atom is 0.338 e. The van der Waals surface area contributed by atoms with Crippen LogP contribution in [0.15, 0.2) is 23.1 Å². The summed E-state index contributed by atoms with van der Waals surface area (Å²) in [6.07, 6.45) is 3.15. The third kappa shape index (κ3) is 2.01. The van der Waals surface area contributed by atoms with Gasteiger partial charge in [-0.1, -0.05) is 13.8 Å². The van der Waals surface area contributed by atoms with Crippen LogP contribution in [0.1, 0.15) is 24.2 Å². The summed E-state index contributed by atoms with van der Waals surface area (Å²) in [5.41, 5.74) is 6.14. The predicted octanol–water partition coefficient (Wildman–Crippen LogP) is 2.40. The number of carboxylic acids is 1. The van der Waals surface area contributed by atoms with Crippen LogP contribution in [0, 0.1) is 0 Å². The first-order valence-corrected chi connectivity index (χ1v) is 5.55. The highest BCUT2D eigenvalue weighted by Crippen LogP contribution is 2.24. The van der Waals surface area contributed by atoms with Crippen LogP contribution in [-0.2, 0) is 0 Å². The minimum atomic E-state index is -1.02. The van der Waals surface area contributed by atoms with Crippen LogP contribution in [0.3, 0.4) is 0 Å². The average Bonchev–Trinajstić information content (AvgIpc) is 2.61. The number of aromatic carboxylic acids is 1. The molecule has 0 radical (unpaired) electrons. The molecule has 0 aromatic carbocycles. The molecule has 0 unspecified atom stereocenters. The van der Waals surface area contributed by atoms with Gasteiger partial charge in [-0.3, -0.25) is 0 Å². The zero-order valence-corrected chi connectivity index (χ0v) is 10.5. The number of carboxylic acid groups (broad SMARTS) is 1. The Balaban J connectivity index is 0.000000606. The van der Waals surface area contributed by atoms with E-state index in [9.17, 15) is 4.79 Å². The molecule has 0 fully saturated rings. The minimum absolute atomic E-state index is 0.141. The van der Waals surface area contributed by atoms with Gasteiger partial charge in [0.1, 0.15) is 11.3 Å². The summed E-state index contributed by atoms with van der Waals surface area (Å²) in [5, 5.41) is 8.90. The summed E-state index contributed by atoms with van der Waals surface area (Å²) in [6.45, 7) is 4.00. The molecule has 0 saturated carbocycles. The molecule has 2 heterocycles. The second-order valence-electron chi connectivity index (χ2n) is 2.72. The van der Waals surface area contributed by atoms with Crippen molar-refractivity contribution in [2.45, 2.75) is 13.8 Å². The predicted molar refractivity (Wildman–Crippen MR) is 65.6 cm³/mol. The third-order valence-corrected chi connectivity index (χ3v) is 2.50. The summed E-state index contributed by atoms with van der Waals surface area (Å²) < 4.78 is 2.27. The Labute approximate surface area is 101 Å². The van der Waals surface area contributed by atoms with Gasteiger partial charge < -0.3 is 15.2 Å². The van der Waals surface area contributed by atoms with Crippen LogP contribution in [0.4, 0.5) is 5.82 Å². The van der Waals surface area contributed by atoms with E-state index in [0.29, 0.717) is 10.1 Å². The number of fused-ring (bicyclic) bond motifs is 1. The standard InChI is InChI=1S/C8H6BrN3O2.C2H6/c9-5-3-4(8(13)14)6-7(10)11-1-2-12(5)6;1-2/h1-3H,(H2,10,11)(H,13,14);1-2H3. The van der Waals surface area contributed by atoms with Gasteiger partial charge in [-0.2, -0.15) is 0 Å². The molecule has 0 amide bonds. The number of aromatic nitrogens is 2. The highest BCUT2D eigenvalue weighted by atomic mass is 79.9. The maximum absolute atomic E-state index is 10.9. The van der Waals surface area contributed by atoms with Crippen molar-refractivity contribution in [2.75, 3.05) is 5.73 Å². The van der Waals surface area contributed by atoms with E-state index in [1.807, 2.05) is 13.8 Å². The van der Waals surface area contributed by atoms with Gasteiger partial charge in [-0.25, -0.2) is 9.78 Å². The number of nitrogens with zero attached hydrogens (tertiary/aromatic N) is 2. The summed E-state index contributed by atoms with van der Waals surface area (Å²) in [5.74, 6) is -0.816. The number of hydrogen-bond donors (Lipinski definition) is 2. The summed E-state index contributed by atoms with van der Waals surface area (Å²) in [6, 6.07) is 1.50. The number of carbonyl (C=O) groups is 1. The number of nitrogen functional groups attached to an aromatic ring is 1. The molecular weight excluding hydrogens is 274 g/mol. The summed E-state index contributed by atoms with van der Waals surface area (Å²) >= 11 is 3.24. The van der Waals surface area contributed by atoms with Gasteiger partial charge in [0.05, 0.1) is 10.2 Å². The quantitative estimate of drug-likeness (QED) is 0.843. The molecule has 2 aromatic rings. The number of nitrogens with two attached hydrogens (primary N) is 1. The molecule has 0 atom stereocenters. The van der Waals surface area contributed by atoms with E-state index in [4.69, 9.17) is 10.8 Å². The van der Waals surface area contributed by atoms with E-state index in [1.165, 1.54) is 12.3 Å².